The second-order valence-corrected chi connectivity index (χ2v) is 4.87. The van der Waals surface area contributed by atoms with Gasteiger partial charge in [-0.15, -0.1) is 0 Å². The fraction of sp³-hybridized carbons (Fsp3) is 0.118. The van der Waals surface area contributed by atoms with Crippen LogP contribution in [0.5, 0.6) is 5.75 Å². The molecular formula is C17H15NO2. The number of rotatable bonds is 3. The van der Waals surface area contributed by atoms with Gasteiger partial charge in [0.1, 0.15) is 5.75 Å². The van der Waals surface area contributed by atoms with Gasteiger partial charge >= 0.3 is 0 Å². The molecule has 1 aromatic heterocycles. The van der Waals surface area contributed by atoms with E-state index in [1.54, 1.807) is 12.3 Å². The Hall–Kier alpha value is -2.55. The molecular weight excluding hydrogens is 250 g/mol. The van der Waals surface area contributed by atoms with Crippen LogP contribution in [0, 0.1) is 0 Å². The molecule has 0 aliphatic rings. The number of pyridine rings is 1. The maximum Gasteiger partial charge on any atom is 0.189 e. The maximum absolute atomic E-state index is 11.8. The van der Waals surface area contributed by atoms with Gasteiger partial charge < -0.3 is 10.1 Å². The third kappa shape index (κ3) is 2.43. The van der Waals surface area contributed by atoms with Gasteiger partial charge in [0.15, 0.2) is 5.43 Å². The summed E-state index contributed by atoms with van der Waals surface area (Å²) < 4.78 is 0. The first kappa shape index (κ1) is 12.5. The van der Waals surface area contributed by atoms with E-state index < -0.39 is 0 Å². The van der Waals surface area contributed by atoms with E-state index >= 15 is 0 Å². The van der Waals surface area contributed by atoms with Crippen molar-refractivity contribution in [3.05, 3.63) is 76.1 Å². The highest BCUT2D eigenvalue weighted by Crippen LogP contribution is 2.23. The summed E-state index contributed by atoms with van der Waals surface area (Å²) in [6, 6.07) is 15.2. The number of hydrogen-bond donors (Lipinski definition) is 2. The predicted octanol–water partition coefficient (Wildman–Crippen LogP) is 3.02. The number of phenols is 1. The molecule has 0 radical (unpaired) electrons. The Kier molecular flexibility index (Phi) is 3.25. The molecule has 3 heteroatoms. The first-order chi connectivity index (χ1) is 9.74. The lowest BCUT2D eigenvalue weighted by Gasteiger charge is -2.06. The molecule has 0 aliphatic heterocycles. The van der Waals surface area contributed by atoms with Crippen molar-refractivity contribution in [1.82, 2.24) is 4.98 Å². The Morgan fingerprint density at radius 2 is 1.70 bits per heavy atom. The summed E-state index contributed by atoms with van der Waals surface area (Å²) in [6.45, 7) is 0. The van der Waals surface area contributed by atoms with Crippen molar-refractivity contribution >= 4 is 10.9 Å². The number of aromatic hydroxyl groups is 1. The number of nitrogens with one attached hydrogen (secondary N) is 1. The summed E-state index contributed by atoms with van der Waals surface area (Å²) in [5.41, 5.74) is 2.64. The monoisotopic (exact) mass is 265 g/mol. The van der Waals surface area contributed by atoms with Crippen molar-refractivity contribution in [2.75, 3.05) is 0 Å². The number of H-pyrrole nitrogens is 1. The highest BCUT2D eigenvalue weighted by Gasteiger charge is 2.06. The van der Waals surface area contributed by atoms with E-state index in [2.05, 4.69) is 17.1 Å². The topological polar surface area (TPSA) is 53.1 Å². The average molecular weight is 265 g/mol. The molecule has 0 aliphatic carbocycles. The van der Waals surface area contributed by atoms with Crippen LogP contribution in [0.25, 0.3) is 10.9 Å². The molecule has 1 heterocycles. The van der Waals surface area contributed by atoms with Gasteiger partial charge in [-0.05, 0) is 36.1 Å². The number of aryl methyl sites for hydroxylation is 2. The normalized spacial score (nSPS) is 10.8. The summed E-state index contributed by atoms with van der Waals surface area (Å²) in [7, 11) is 0. The minimum absolute atomic E-state index is 0.0735. The predicted molar refractivity (Wildman–Crippen MR) is 80.1 cm³/mol. The Morgan fingerprint density at radius 3 is 2.50 bits per heavy atom. The van der Waals surface area contributed by atoms with Crippen LogP contribution < -0.4 is 5.43 Å². The van der Waals surface area contributed by atoms with E-state index in [4.69, 9.17) is 0 Å². The molecule has 2 N–H and O–H groups in total. The van der Waals surface area contributed by atoms with Gasteiger partial charge in [0.2, 0.25) is 0 Å². The minimum Gasteiger partial charge on any atom is -0.506 e. The van der Waals surface area contributed by atoms with Crippen LogP contribution in [-0.2, 0) is 12.8 Å². The third-order valence-electron chi connectivity index (χ3n) is 3.45. The lowest BCUT2D eigenvalue weighted by molar-refractivity contribution is 0.479. The Morgan fingerprint density at radius 1 is 0.950 bits per heavy atom. The number of aromatic amines is 1. The summed E-state index contributed by atoms with van der Waals surface area (Å²) in [4.78, 5) is 14.7. The summed E-state index contributed by atoms with van der Waals surface area (Å²) in [5, 5.41) is 10.5. The van der Waals surface area contributed by atoms with E-state index in [1.807, 2.05) is 24.3 Å². The van der Waals surface area contributed by atoms with Gasteiger partial charge in [-0.1, -0.05) is 30.3 Å². The summed E-state index contributed by atoms with van der Waals surface area (Å²) >= 11 is 0. The molecule has 0 unspecified atom stereocenters. The molecule has 100 valence electrons. The van der Waals surface area contributed by atoms with Gasteiger partial charge in [0.25, 0.3) is 0 Å². The van der Waals surface area contributed by atoms with Gasteiger partial charge in [-0.25, -0.2) is 0 Å². The zero-order valence-corrected chi connectivity index (χ0v) is 11.0. The second kappa shape index (κ2) is 5.21. The molecule has 0 atom stereocenters. The fourth-order valence-corrected chi connectivity index (χ4v) is 2.40. The zero-order chi connectivity index (χ0) is 13.9. The summed E-state index contributed by atoms with van der Waals surface area (Å²) in [5.74, 6) is 0.128. The van der Waals surface area contributed by atoms with Gasteiger partial charge in [-0.2, -0.15) is 0 Å². The number of fused-ring (bicyclic) bond motifs is 1. The highest BCUT2D eigenvalue weighted by molar-refractivity contribution is 5.84. The van der Waals surface area contributed by atoms with E-state index in [0.29, 0.717) is 10.9 Å². The van der Waals surface area contributed by atoms with Crippen LogP contribution >= 0.6 is 0 Å². The van der Waals surface area contributed by atoms with Gasteiger partial charge in [-0.3, -0.25) is 4.79 Å². The number of hydrogen-bond acceptors (Lipinski definition) is 2. The molecule has 0 bridgehead atoms. The molecule has 20 heavy (non-hydrogen) atoms. The number of benzene rings is 2. The van der Waals surface area contributed by atoms with Crippen molar-refractivity contribution in [2.45, 2.75) is 12.8 Å². The zero-order valence-electron chi connectivity index (χ0n) is 11.0. The minimum atomic E-state index is -0.0735. The average Bonchev–Trinajstić information content (AvgIpc) is 2.47. The van der Waals surface area contributed by atoms with Crippen LogP contribution in [0.3, 0.4) is 0 Å². The Labute approximate surface area is 116 Å². The maximum atomic E-state index is 11.8. The first-order valence-corrected chi connectivity index (χ1v) is 6.61. The standard InChI is InChI=1S/C17H15NO2/c19-15-8-9-18-17-14(15)10-13(11-16(17)20)7-6-12-4-2-1-3-5-12/h1-5,8-11,20H,6-7H2,(H,18,19). The quantitative estimate of drug-likeness (QED) is 0.764. The van der Waals surface area contributed by atoms with E-state index in [0.717, 1.165) is 18.4 Å². The van der Waals surface area contributed by atoms with E-state index in [1.165, 1.54) is 11.6 Å². The molecule has 3 nitrogen and oxygen atoms in total. The van der Waals surface area contributed by atoms with Crippen LogP contribution in [0.2, 0.25) is 0 Å². The molecule has 3 rings (SSSR count). The van der Waals surface area contributed by atoms with Crippen LogP contribution in [-0.4, -0.2) is 10.1 Å². The number of aromatic nitrogens is 1. The molecule has 0 fully saturated rings. The largest absolute Gasteiger partial charge is 0.506 e. The van der Waals surface area contributed by atoms with E-state index in [9.17, 15) is 9.90 Å². The molecule has 0 spiro atoms. The SMILES string of the molecule is O=c1cc[nH]c2c(O)cc(CCc3ccccc3)cc12. The Balaban J connectivity index is 1.93. The Bertz CT molecular complexity index is 791. The van der Waals surface area contributed by atoms with E-state index in [-0.39, 0.29) is 11.2 Å². The second-order valence-electron chi connectivity index (χ2n) is 4.87. The van der Waals surface area contributed by atoms with Crippen molar-refractivity contribution in [2.24, 2.45) is 0 Å². The lowest BCUT2D eigenvalue weighted by Crippen LogP contribution is -2.01. The molecule has 0 saturated carbocycles. The van der Waals surface area contributed by atoms with Gasteiger partial charge in [0, 0.05) is 17.6 Å². The molecule has 0 saturated heterocycles. The van der Waals surface area contributed by atoms with Gasteiger partial charge in [0.05, 0.1) is 5.52 Å². The van der Waals surface area contributed by atoms with Crippen LogP contribution in [0.1, 0.15) is 11.1 Å². The molecule has 0 amide bonds. The van der Waals surface area contributed by atoms with Crippen LogP contribution in [0.4, 0.5) is 0 Å². The third-order valence-corrected chi connectivity index (χ3v) is 3.45. The number of phenolic OH excluding ortho intramolecular Hbond substituents is 1. The van der Waals surface area contributed by atoms with Crippen molar-refractivity contribution < 1.29 is 5.11 Å². The smallest absolute Gasteiger partial charge is 0.189 e. The van der Waals surface area contributed by atoms with Crippen molar-refractivity contribution in [3.63, 3.8) is 0 Å². The van der Waals surface area contributed by atoms with Crippen LogP contribution in [0.15, 0.2) is 59.5 Å². The van der Waals surface area contributed by atoms with Crippen molar-refractivity contribution in [3.8, 4) is 5.75 Å². The lowest BCUT2D eigenvalue weighted by atomic mass is 10.0. The summed E-state index contributed by atoms with van der Waals surface area (Å²) in [6.07, 6.45) is 3.23. The van der Waals surface area contributed by atoms with Crippen molar-refractivity contribution in [1.29, 1.82) is 0 Å². The molecule has 2 aromatic carbocycles. The molecule has 3 aromatic rings. The highest BCUT2D eigenvalue weighted by atomic mass is 16.3. The first-order valence-electron chi connectivity index (χ1n) is 6.61. The fourth-order valence-electron chi connectivity index (χ4n) is 2.40.